The fourth-order valence-electron chi connectivity index (χ4n) is 0.717. The van der Waals surface area contributed by atoms with Crippen molar-refractivity contribution < 1.29 is 0 Å². The molecule has 5 nitrogen and oxygen atoms in total. The second-order valence-corrected chi connectivity index (χ2v) is 6.46. The molecule has 1 aliphatic rings. The zero-order chi connectivity index (χ0) is 10.7. The van der Waals surface area contributed by atoms with Crippen molar-refractivity contribution in [3.05, 3.63) is 11.6 Å². The lowest BCUT2D eigenvalue weighted by Gasteiger charge is -2.09. The molecule has 80 valence electrons. The molecule has 0 radical (unpaired) electrons. The Hall–Kier alpha value is -0.380. The van der Waals surface area contributed by atoms with Crippen LogP contribution in [0.4, 0.5) is 0 Å². The molecule has 1 aliphatic heterocycles. The molecular formula is C6H7N5S4. The van der Waals surface area contributed by atoms with Gasteiger partial charge in [0.05, 0.1) is 5.03 Å². The second-order valence-electron chi connectivity index (χ2n) is 2.30. The molecule has 0 amide bonds. The van der Waals surface area contributed by atoms with Gasteiger partial charge in [0.2, 0.25) is 0 Å². The van der Waals surface area contributed by atoms with E-state index in [1.54, 1.807) is 7.05 Å². The van der Waals surface area contributed by atoms with Crippen molar-refractivity contribution in [2.75, 3.05) is 7.05 Å². The third-order valence-electron chi connectivity index (χ3n) is 1.29. The van der Waals surface area contributed by atoms with Gasteiger partial charge in [-0.15, -0.1) is 10.2 Å². The normalized spacial score (nSPS) is 19.5. The molecule has 2 N–H and O–H groups in total. The molecule has 0 spiro atoms. The van der Waals surface area contributed by atoms with E-state index in [9.17, 15) is 0 Å². The number of amidine groups is 1. The smallest absolute Gasteiger partial charge is 0.195 e. The van der Waals surface area contributed by atoms with Crippen LogP contribution in [0.2, 0.25) is 0 Å². The summed E-state index contributed by atoms with van der Waals surface area (Å²) in [5.41, 5.74) is 0. The molecule has 0 saturated carbocycles. The molecule has 1 aromatic rings. The second kappa shape index (κ2) is 5.10. The van der Waals surface area contributed by atoms with Gasteiger partial charge in [-0.2, -0.15) is 0 Å². The van der Waals surface area contributed by atoms with Gasteiger partial charge in [0.25, 0.3) is 0 Å². The van der Waals surface area contributed by atoms with E-state index in [1.807, 2.05) is 0 Å². The van der Waals surface area contributed by atoms with Crippen molar-refractivity contribution in [1.82, 2.24) is 19.6 Å². The Labute approximate surface area is 104 Å². The number of rotatable bonds is 0. The van der Waals surface area contributed by atoms with Crippen molar-refractivity contribution >= 4 is 52.2 Å². The lowest BCUT2D eigenvalue weighted by Crippen LogP contribution is -2.14. The fraction of sp³-hybridized carbons (Fsp3) is 0.167. The van der Waals surface area contributed by atoms with E-state index >= 15 is 0 Å². The van der Waals surface area contributed by atoms with Crippen LogP contribution in [0.3, 0.4) is 0 Å². The summed E-state index contributed by atoms with van der Waals surface area (Å²) in [6, 6.07) is 0. The predicted octanol–water partition coefficient (Wildman–Crippen LogP) is 1.94. The number of fused-ring (bicyclic) bond motifs is 2. The fourth-order valence-corrected chi connectivity index (χ4v) is 3.78. The monoisotopic (exact) mass is 277 g/mol. The SMILES string of the molecule is C=C1NSc2nnc(s2)SNC(=NC)S1. The largest absolute Gasteiger partial charge is 0.318 e. The number of hydrogen-bond acceptors (Lipinski definition) is 8. The van der Waals surface area contributed by atoms with Gasteiger partial charge in [0.15, 0.2) is 13.8 Å². The minimum Gasteiger partial charge on any atom is -0.318 e. The Morgan fingerprint density at radius 1 is 1.20 bits per heavy atom. The standard InChI is InChI=1S/C6H7N5S4/c1-3-10-14-5-8-9-6(13-5)15-11-4(7-2)12-3/h10H,1H2,2H3,(H,7,11). The maximum absolute atomic E-state index is 4.09. The average molecular weight is 277 g/mol. The van der Waals surface area contributed by atoms with Gasteiger partial charge >= 0.3 is 0 Å². The van der Waals surface area contributed by atoms with Crippen LogP contribution in [0.15, 0.2) is 25.3 Å². The topological polar surface area (TPSA) is 62.2 Å². The summed E-state index contributed by atoms with van der Waals surface area (Å²) in [5.74, 6) is 0. The number of aliphatic imine (C=N–C) groups is 1. The molecule has 2 heterocycles. The Morgan fingerprint density at radius 2 is 1.87 bits per heavy atom. The third kappa shape index (κ3) is 3.03. The Morgan fingerprint density at radius 3 is 2.53 bits per heavy atom. The van der Waals surface area contributed by atoms with Crippen molar-refractivity contribution in [3.8, 4) is 0 Å². The van der Waals surface area contributed by atoms with E-state index in [0.29, 0.717) is 0 Å². The number of thioether (sulfide) groups is 1. The minimum absolute atomic E-state index is 0.789. The lowest BCUT2D eigenvalue weighted by molar-refractivity contribution is 0.953. The molecule has 0 aliphatic carbocycles. The summed E-state index contributed by atoms with van der Waals surface area (Å²) < 4.78 is 7.91. The van der Waals surface area contributed by atoms with Crippen LogP contribution < -0.4 is 9.44 Å². The Balaban J connectivity index is 2.18. The van der Waals surface area contributed by atoms with Crippen LogP contribution in [-0.2, 0) is 0 Å². The van der Waals surface area contributed by atoms with Crippen LogP contribution in [0, 0.1) is 0 Å². The quantitative estimate of drug-likeness (QED) is 0.703. The maximum atomic E-state index is 4.09. The molecule has 0 aromatic carbocycles. The molecule has 0 unspecified atom stereocenters. The summed E-state index contributed by atoms with van der Waals surface area (Å²) >= 11 is 5.79. The summed E-state index contributed by atoms with van der Waals surface area (Å²) in [5, 5.41) is 9.61. The van der Waals surface area contributed by atoms with Crippen molar-refractivity contribution in [2.24, 2.45) is 4.99 Å². The van der Waals surface area contributed by atoms with Gasteiger partial charge in [-0.1, -0.05) is 17.9 Å². The van der Waals surface area contributed by atoms with Crippen LogP contribution in [-0.4, -0.2) is 22.4 Å². The van der Waals surface area contributed by atoms with Gasteiger partial charge in [-0.3, -0.25) is 4.99 Å². The number of hydrogen-bond donors (Lipinski definition) is 2. The van der Waals surface area contributed by atoms with Gasteiger partial charge in [-0.25, -0.2) is 0 Å². The first-order valence-corrected chi connectivity index (χ1v) is 7.07. The molecule has 0 saturated heterocycles. The van der Waals surface area contributed by atoms with E-state index in [2.05, 4.69) is 31.2 Å². The number of aromatic nitrogens is 2. The Bertz CT molecular complexity index is 400. The van der Waals surface area contributed by atoms with E-state index < -0.39 is 0 Å². The van der Waals surface area contributed by atoms with Crippen molar-refractivity contribution in [2.45, 2.75) is 8.68 Å². The van der Waals surface area contributed by atoms with Crippen LogP contribution >= 0.6 is 47.0 Å². The highest BCUT2D eigenvalue weighted by molar-refractivity contribution is 8.19. The van der Waals surface area contributed by atoms with Crippen LogP contribution in [0.25, 0.3) is 0 Å². The Kier molecular flexibility index (Phi) is 3.78. The summed E-state index contributed by atoms with van der Waals surface area (Å²) in [6.45, 7) is 3.87. The molecule has 0 fully saturated rings. The van der Waals surface area contributed by atoms with E-state index in [-0.39, 0.29) is 0 Å². The zero-order valence-electron chi connectivity index (χ0n) is 7.68. The molecule has 0 atom stereocenters. The van der Waals surface area contributed by atoms with Gasteiger partial charge in [0, 0.05) is 30.9 Å². The van der Waals surface area contributed by atoms with Crippen molar-refractivity contribution in [3.63, 3.8) is 0 Å². The molecule has 15 heavy (non-hydrogen) atoms. The highest BCUT2D eigenvalue weighted by atomic mass is 32.2. The summed E-state index contributed by atoms with van der Waals surface area (Å²) in [4.78, 5) is 4.09. The minimum atomic E-state index is 0.789. The third-order valence-corrected chi connectivity index (χ3v) is 5.04. The van der Waals surface area contributed by atoms with E-state index in [4.69, 9.17) is 0 Å². The number of nitrogens with zero attached hydrogens (tertiary/aromatic N) is 3. The molecule has 2 rings (SSSR count). The first-order valence-electron chi connectivity index (χ1n) is 3.80. The predicted molar refractivity (Wildman–Crippen MR) is 68.0 cm³/mol. The van der Waals surface area contributed by atoms with Gasteiger partial charge in [0.1, 0.15) is 0 Å². The van der Waals surface area contributed by atoms with Crippen molar-refractivity contribution in [1.29, 1.82) is 0 Å². The number of nitrogens with one attached hydrogen (secondary N) is 2. The highest BCUT2D eigenvalue weighted by Gasteiger charge is 2.11. The average Bonchev–Trinajstić information content (AvgIpc) is 2.68. The summed E-state index contributed by atoms with van der Waals surface area (Å²) in [6.07, 6.45) is 0. The molecule has 2 bridgehead atoms. The van der Waals surface area contributed by atoms with Crippen LogP contribution in [0.1, 0.15) is 0 Å². The molecular weight excluding hydrogens is 270 g/mol. The van der Waals surface area contributed by atoms with E-state index in [0.717, 1.165) is 18.9 Å². The highest BCUT2D eigenvalue weighted by Crippen LogP contribution is 2.29. The van der Waals surface area contributed by atoms with E-state index in [1.165, 1.54) is 47.0 Å². The van der Waals surface area contributed by atoms with Crippen LogP contribution in [0.5, 0.6) is 0 Å². The maximum Gasteiger partial charge on any atom is 0.195 e. The summed E-state index contributed by atoms with van der Waals surface area (Å²) in [7, 11) is 1.73. The van der Waals surface area contributed by atoms with Gasteiger partial charge < -0.3 is 9.44 Å². The molecule has 1 aromatic heterocycles. The zero-order valence-corrected chi connectivity index (χ0v) is 10.9. The molecule has 9 heteroatoms. The first-order chi connectivity index (χ1) is 7.28. The first kappa shape index (κ1) is 11.1. The lowest BCUT2D eigenvalue weighted by atomic mass is 11.1. The van der Waals surface area contributed by atoms with Gasteiger partial charge in [-0.05, 0) is 11.8 Å².